The normalized spacial score (nSPS) is 12.9. The van der Waals surface area contributed by atoms with Gasteiger partial charge in [0.1, 0.15) is 5.82 Å². The first-order valence-corrected chi connectivity index (χ1v) is 15.2. The summed E-state index contributed by atoms with van der Waals surface area (Å²) >= 11 is 0. The molecular weight excluding hydrogens is 566 g/mol. The van der Waals surface area contributed by atoms with E-state index in [1.807, 2.05) is 95.7 Å². The van der Waals surface area contributed by atoms with Crippen LogP contribution >= 0.6 is 0 Å². The fourth-order valence-electron chi connectivity index (χ4n) is 5.82. The van der Waals surface area contributed by atoms with Crippen LogP contribution in [0.25, 0.3) is 32.9 Å². The first-order valence-electron chi connectivity index (χ1n) is 15.2. The molecular formula is C40H35N5O. The highest BCUT2D eigenvalue weighted by atomic mass is 16.1. The summed E-state index contributed by atoms with van der Waals surface area (Å²) < 4.78 is 0. The Hall–Kier alpha value is -5.72. The topological polar surface area (TPSA) is 73.1 Å². The predicted octanol–water partition coefficient (Wildman–Crippen LogP) is 8.83. The fraction of sp³-hybridized carbons (Fsp3) is 0.200. The van der Waals surface area contributed by atoms with E-state index in [0.717, 1.165) is 66.9 Å². The summed E-state index contributed by atoms with van der Waals surface area (Å²) in [6, 6.07) is 24.9. The number of nitrogens with zero attached hydrogens (tertiary/aromatic N) is 5. The lowest BCUT2D eigenvalue weighted by Gasteiger charge is -2.24. The van der Waals surface area contributed by atoms with Gasteiger partial charge in [-0.1, -0.05) is 55.3 Å². The van der Waals surface area contributed by atoms with Crippen molar-refractivity contribution < 1.29 is 4.79 Å². The van der Waals surface area contributed by atoms with E-state index in [-0.39, 0.29) is 5.78 Å². The lowest BCUT2D eigenvalue weighted by atomic mass is 9.86. The van der Waals surface area contributed by atoms with E-state index in [2.05, 4.69) is 59.1 Å². The molecule has 0 radical (unpaired) electrons. The maximum Gasteiger partial charge on any atom is 0.156 e. The van der Waals surface area contributed by atoms with Crippen LogP contribution in [0.1, 0.15) is 45.2 Å². The Morgan fingerprint density at radius 1 is 0.978 bits per heavy atom. The van der Waals surface area contributed by atoms with Crippen molar-refractivity contribution in [2.45, 2.75) is 39.5 Å². The molecule has 226 valence electrons. The lowest BCUT2D eigenvalue weighted by Crippen LogP contribution is -2.20. The van der Waals surface area contributed by atoms with Gasteiger partial charge < -0.3 is 4.90 Å². The van der Waals surface area contributed by atoms with Gasteiger partial charge >= 0.3 is 0 Å². The molecule has 3 aromatic carbocycles. The van der Waals surface area contributed by atoms with Gasteiger partial charge in [0.05, 0.1) is 45.7 Å². The third-order valence-electron chi connectivity index (χ3n) is 8.60. The molecule has 0 saturated heterocycles. The van der Waals surface area contributed by atoms with Crippen LogP contribution in [0.15, 0.2) is 104 Å². The quantitative estimate of drug-likeness (QED) is 0.143. The van der Waals surface area contributed by atoms with Crippen molar-refractivity contribution in [1.29, 1.82) is 5.26 Å². The molecule has 6 heteroatoms. The minimum absolute atomic E-state index is 0.0205. The number of nitriles is 1. The van der Waals surface area contributed by atoms with Gasteiger partial charge in [-0.2, -0.15) is 5.26 Å². The zero-order valence-corrected chi connectivity index (χ0v) is 26.8. The first-order chi connectivity index (χ1) is 21.9. The average molecular weight is 602 g/mol. The molecule has 0 unspecified atom stereocenters. The second kappa shape index (κ2) is 11.3. The number of allylic oxidation sites excluding steroid dienone is 1. The largest absolute Gasteiger partial charge is 0.328 e. The third-order valence-corrected chi connectivity index (χ3v) is 8.60. The Morgan fingerprint density at radius 3 is 2.46 bits per heavy atom. The van der Waals surface area contributed by atoms with Crippen LogP contribution in [-0.4, -0.2) is 22.8 Å². The molecule has 5 aromatic rings. The highest BCUT2D eigenvalue weighted by Crippen LogP contribution is 2.48. The molecule has 0 fully saturated rings. The molecule has 2 aromatic heterocycles. The van der Waals surface area contributed by atoms with Crippen LogP contribution in [0.4, 0.5) is 17.1 Å². The Bertz CT molecular complexity index is 2170. The number of carbonyl (C=O) groups is 1. The maximum atomic E-state index is 11.9. The molecule has 0 spiro atoms. The Labute approximate surface area is 270 Å². The summed E-state index contributed by atoms with van der Waals surface area (Å²) in [6.07, 6.45) is 5.45. The molecule has 0 atom stereocenters. The van der Waals surface area contributed by atoms with E-state index in [1.54, 1.807) is 0 Å². The van der Waals surface area contributed by atoms with Crippen molar-refractivity contribution in [3.8, 4) is 29.0 Å². The van der Waals surface area contributed by atoms with Gasteiger partial charge in [0.25, 0.3) is 0 Å². The van der Waals surface area contributed by atoms with Crippen LogP contribution < -0.4 is 9.80 Å². The zero-order chi connectivity index (χ0) is 32.8. The molecule has 0 amide bonds. The van der Waals surface area contributed by atoms with Crippen LogP contribution in [0.2, 0.25) is 0 Å². The molecule has 3 heterocycles. The molecule has 1 aliphatic rings. The van der Waals surface area contributed by atoms with Gasteiger partial charge in [-0.15, -0.1) is 0 Å². The molecule has 0 saturated carbocycles. The van der Waals surface area contributed by atoms with E-state index in [0.29, 0.717) is 6.42 Å². The summed E-state index contributed by atoms with van der Waals surface area (Å²) in [7, 11) is 2.00. The van der Waals surface area contributed by atoms with Gasteiger partial charge in [0.15, 0.2) is 5.78 Å². The summed E-state index contributed by atoms with van der Waals surface area (Å²) in [5.41, 5.74) is 7.36. The van der Waals surface area contributed by atoms with Gasteiger partial charge in [-0.3, -0.25) is 19.7 Å². The zero-order valence-electron chi connectivity index (χ0n) is 26.8. The number of aromatic nitrogens is 2. The number of ketones is 1. The second-order valence-electron chi connectivity index (χ2n) is 12.9. The van der Waals surface area contributed by atoms with E-state index < -0.39 is 10.8 Å². The highest BCUT2D eigenvalue weighted by molar-refractivity contribution is 6.06. The average Bonchev–Trinajstić information content (AvgIpc) is 3.32. The predicted molar refractivity (Wildman–Crippen MR) is 188 cm³/mol. The second-order valence-corrected chi connectivity index (χ2v) is 12.9. The number of carbonyl (C=O) groups excluding carboxylic acids is 1. The standard InChI is InChI=1S/C40H35N5O/c1-8-33(46)22-39(3,4)19-18-27-10-9-11-29-20-30(23-43-37(27)29)28-12-17-35-34(21-28)38-36(24-42-35)44(7)26(2)45(38)32-15-13-31(14-16-32)40(5,6)25-41/h8-17,20-21,23-24H,1-2,22H2,3-7H3. The summed E-state index contributed by atoms with van der Waals surface area (Å²) in [5.74, 6) is 7.34. The van der Waals surface area contributed by atoms with Crippen molar-refractivity contribution >= 4 is 44.7 Å². The van der Waals surface area contributed by atoms with Crippen LogP contribution in [0.5, 0.6) is 0 Å². The highest BCUT2D eigenvalue weighted by Gasteiger charge is 2.32. The first kappa shape index (κ1) is 30.3. The van der Waals surface area contributed by atoms with Crippen molar-refractivity contribution in [2.24, 2.45) is 5.41 Å². The van der Waals surface area contributed by atoms with Crippen LogP contribution in [0.3, 0.4) is 0 Å². The summed E-state index contributed by atoms with van der Waals surface area (Å²) in [6.45, 7) is 15.7. The summed E-state index contributed by atoms with van der Waals surface area (Å²) in [4.78, 5) is 25.8. The summed E-state index contributed by atoms with van der Waals surface area (Å²) in [5, 5.41) is 11.6. The molecule has 6 nitrogen and oxygen atoms in total. The number of hydrogen-bond acceptors (Lipinski definition) is 6. The number of hydrogen-bond donors (Lipinski definition) is 0. The monoisotopic (exact) mass is 601 g/mol. The maximum absolute atomic E-state index is 11.9. The number of para-hydroxylation sites is 1. The molecule has 1 aliphatic heterocycles. The Morgan fingerprint density at radius 2 is 1.74 bits per heavy atom. The van der Waals surface area contributed by atoms with Crippen molar-refractivity contribution in [3.05, 3.63) is 115 Å². The van der Waals surface area contributed by atoms with Crippen molar-refractivity contribution in [1.82, 2.24) is 9.97 Å². The minimum atomic E-state index is -0.579. The van der Waals surface area contributed by atoms with Crippen LogP contribution in [0, 0.1) is 28.6 Å². The fourth-order valence-corrected chi connectivity index (χ4v) is 5.82. The minimum Gasteiger partial charge on any atom is -0.328 e. The van der Waals surface area contributed by atoms with Crippen molar-refractivity contribution in [2.75, 3.05) is 16.8 Å². The van der Waals surface area contributed by atoms with Gasteiger partial charge in [0, 0.05) is 47.1 Å². The molecule has 46 heavy (non-hydrogen) atoms. The van der Waals surface area contributed by atoms with E-state index in [4.69, 9.17) is 9.97 Å². The van der Waals surface area contributed by atoms with Crippen LogP contribution in [-0.2, 0) is 10.2 Å². The number of fused-ring (bicyclic) bond motifs is 4. The van der Waals surface area contributed by atoms with Gasteiger partial charge in [0.2, 0.25) is 0 Å². The molecule has 0 bridgehead atoms. The van der Waals surface area contributed by atoms with Crippen molar-refractivity contribution in [3.63, 3.8) is 0 Å². The number of rotatable bonds is 6. The van der Waals surface area contributed by atoms with Gasteiger partial charge in [-0.25, -0.2) is 0 Å². The lowest BCUT2D eigenvalue weighted by molar-refractivity contribution is -0.115. The number of benzene rings is 3. The molecule has 6 rings (SSSR count). The third kappa shape index (κ3) is 5.40. The SMILES string of the molecule is C=CC(=O)CC(C)(C)C#Cc1cccc2cc(-c3ccc4ncc5c(c4c3)N(c3ccc(C(C)(C)C#N)cc3)C(=C)N5C)cnc12. The molecule has 0 N–H and O–H groups in total. The van der Waals surface area contributed by atoms with Gasteiger partial charge in [-0.05, 0) is 81.3 Å². The Kier molecular flexibility index (Phi) is 7.47. The number of pyridine rings is 2. The molecule has 0 aliphatic carbocycles. The smallest absolute Gasteiger partial charge is 0.156 e. The Balaban J connectivity index is 1.41. The van der Waals surface area contributed by atoms with E-state index in [9.17, 15) is 10.1 Å². The number of anilines is 3. The van der Waals surface area contributed by atoms with E-state index >= 15 is 0 Å². The van der Waals surface area contributed by atoms with E-state index in [1.165, 1.54) is 6.08 Å².